The van der Waals surface area contributed by atoms with E-state index in [1.807, 2.05) is 30.3 Å². The molecule has 1 amide bonds. The van der Waals surface area contributed by atoms with Gasteiger partial charge in [-0.25, -0.2) is 4.79 Å². The average molecular weight is 289 g/mol. The number of amides is 1. The second kappa shape index (κ2) is 7.62. The van der Waals surface area contributed by atoms with Crippen molar-refractivity contribution in [3.63, 3.8) is 0 Å². The number of benzene rings is 1. The zero-order chi connectivity index (χ0) is 15.9. The van der Waals surface area contributed by atoms with Crippen LogP contribution in [0.5, 0.6) is 0 Å². The van der Waals surface area contributed by atoms with Crippen molar-refractivity contribution in [2.45, 2.75) is 39.8 Å². The van der Waals surface area contributed by atoms with Gasteiger partial charge >= 0.3 is 6.09 Å². The summed E-state index contributed by atoms with van der Waals surface area (Å²) in [6.45, 7) is 7.54. The Morgan fingerprint density at radius 3 is 2.33 bits per heavy atom. The lowest BCUT2D eigenvalue weighted by Gasteiger charge is -2.26. The van der Waals surface area contributed by atoms with Gasteiger partial charge in [0.2, 0.25) is 0 Å². The molecule has 0 saturated carbocycles. The second-order valence-corrected chi connectivity index (χ2v) is 5.79. The van der Waals surface area contributed by atoms with E-state index in [1.54, 1.807) is 33.8 Å². The molecule has 4 nitrogen and oxygen atoms in total. The van der Waals surface area contributed by atoms with Gasteiger partial charge in [-0.05, 0) is 39.3 Å². The Balaban J connectivity index is 2.83. The minimum absolute atomic E-state index is 0.00808. The average Bonchev–Trinajstić information content (AvgIpc) is 2.37. The van der Waals surface area contributed by atoms with Crippen molar-refractivity contribution in [2.24, 2.45) is 0 Å². The van der Waals surface area contributed by atoms with Gasteiger partial charge in [-0.2, -0.15) is 0 Å². The molecule has 0 radical (unpaired) electrons. The Labute approximate surface area is 126 Å². The third-order valence-electron chi connectivity index (χ3n) is 2.57. The number of carbonyl (C=O) groups is 2. The van der Waals surface area contributed by atoms with E-state index in [9.17, 15) is 9.59 Å². The standard InChI is InChI=1S/C17H23NO3/c1-5-9-15(19)13-18(16(20)21-17(2,3)4)12-14-10-7-6-8-11-14/h5-11H,12-13H2,1-4H3/b9-5+. The van der Waals surface area contributed by atoms with Crippen LogP contribution in [0.1, 0.15) is 33.3 Å². The topological polar surface area (TPSA) is 46.6 Å². The number of nitrogens with zero attached hydrogens (tertiary/aromatic N) is 1. The van der Waals surface area contributed by atoms with Crippen molar-refractivity contribution >= 4 is 11.9 Å². The summed E-state index contributed by atoms with van der Waals surface area (Å²) in [6.07, 6.45) is 2.64. The molecule has 21 heavy (non-hydrogen) atoms. The minimum atomic E-state index is -0.588. The molecule has 0 bridgehead atoms. The van der Waals surface area contributed by atoms with Gasteiger partial charge in [0.05, 0.1) is 6.54 Å². The summed E-state index contributed by atoms with van der Waals surface area (Å²) in [5.41, 5.74) is 0.368. The summed E-state index contributed by atoms with van der Waals surface area (Å²) < 4.78 is 5.36. The molecular formula is C17H23NO3. The zero-order valence-electron chi connectivity index (χ0n) is 13.1. The third kappa shape index (κ3) is 6.75. The number of hydrogen-bond acceptors (Lipinski definition) is 3. The molecular weight excluding hydrogens is 266 g/mol. The highest BCUT2D eigenvalue weighted by atomic mass is 16.6. The maximum atomic E-state index is 12.2. The Morgan fingerprint density at radius 2 is 1.81 bits per heavy atom. The zero-order valence-corrected chi connectivity index (χ0v) is 13.1. The number of allylic oxidation sites excluding steroid dienone is 1. The van der Waals surface area contributed by atoms with Crippen molar-refractivity contribution < 1.29 is 14.3 Å². The highest BCUT2D eigenvalue weighted by molar-refractivity contribution is 5.93. The van der Waals surface area contributed by atoms with Crippen molar-refractivity contribution in [3.05, 3.63) is 48.0 Å². The molecule has 0 spiro atoms. The molecule has 0 aliphatic carbocycles. The summed E-state index contributed by atoms with van der Waals surface area (Å²) in [6, 6.07) is 9.54. The summed E-state index contributed by atoms with van der Waals surface area (Å²) in [5.74, 6) is -0.126. The van der Waals surface area contributed by atoms with E-state index in [1.165, 1.54) is 11.0 Å². The fraction of sp³-hybridized carbons (Fsp3) is 0.412. The van der Waals surface area contributed by atoms with Crippen molar-refractivity contribution in [1.29, 1.82) is 0 Å². The van der Waals surface area contributed by atoms with Gasteiger partial charge in [0.15, 0.2) is 5.78 Å². The molecule has 0 unspecified atom stereocenters. The summed E-state index contributed by atoms with van der Waals surface area (Å²) in [5, 5.41) is 0. The molecule has 0 aliphatic rings. The van der Waals surface area contributed by atoms with Crippen LogP contribution in [0.2, 0.25) is 0 Å². The SMILES string of the molecule is C/C=C/C(=O)CN(Cc1ccccc1)C(=O)OC(C)(C)C. The first-order valence-corrected chi connectivity index (χ1v) is 6.99. The monoisotopic (exact) mass is 289 g/mol. The lowest BCUT2D eigenvalue weighted by Crippen LogP contribution is -2.39. The number of rotatable bonds is 5. The summed E-state index contributed by atoms with van der Waals surface area (Å²) in [4.78, 5) is 25.4. The molecule has 114 valence electrons. The van der Waals surface area contributed by atoms with Gasteiger partial charge in [-0.15, -0.1) is 0 Å². The number of carbonyl (C=O) groups excluding carboxylic acids is 2. The minimum Gasteiger partial charge on any atom is -0.444 e. The summed E-state index contributed by atoms with van der Waals surface area (Å²) >= 11 is 0. The molecule has 1 aromatic rings. The van der Waals surface area contributed by atoms with Crippen LogP contribution < -0.4 is 0 Å². The normalized spacial score (nSPS) is 11.4. The summed E-state index contributed by atoms with van der Waals surface area (Å²) in [7, 11) is 0. The molecule has 0 N–H and O–H groups in total. The van der Waals surface area contributed by atoms with Crippen LogP contribution in [0.25, 0.3) is 0 Å². The molecule has 4 heteroatoms. The molecule has 1 aromatic carbocycles. The van der Waals surface area contributed by atoms with E-state index in [4.69, 9.17) is 4.74 Å². The van der Waals surface area contributed by atoms with Crippen LogP contribution in [0.3, 0.4) is 0 Å². The number of ether oxygens (including phenoxy) is 1. The third-order valence-corrected chi connectivity index (χ3v) is 2.57. The molecule has 0 aliphatic heterocycles. The van der Waals surface area contributed by atoms with E-state index in [0.717, 1.165) is 5.56 Å². The Bertz CT molecular complexity index is 501. The van der Waals surface area contributed by atoms with Crippen molar-refractivity contribution in [1.82, 2.24) is 4.90 Å². The van der Waals surface area contributed by atoms with E-state index in [0.29, 0.717) is 6.54 Å². The van der Waals surface area contributed by atoms with E-state index >= 15 is 0 Å². The largest absolute Gasteiger partial charge is 0.444 e. The molecule has 0 saturated heterocycles. The van der Waals surface area contributed by atoms with Gasteiger partial charge in [0.25, 0.3) is 0 Å². The Kier molecular flexibility index (Phi) is 6.15. The predicted octanol–water partition coefficient (Wildman–Crippen LogP) is 3.57. The lowest BCUT2D eigenvalue weighted by molar-refractivity contribution is -0.115. The van der Waals surface area contributed by atoms with E-state index in [-0.39, 0.29) is 12.3 Å². The fourth-order valence-electron chi connectivity index (χ4n) is 1.74. The molecule has 0 aromatic heterocycles. The quantitative estimate of drug-likeness (QED) is 0.778. The van der Waals surface area contributed by atoms with Gasteiger partial charge in [-0.3, -0.25) is 9.69 Å². The van der Waals surface area contributed by atoms with Crippen LogP contribution in [-0.4, -0.2) is 28.9 Å². The Hall–Kier alpha value is -2.10. The van der Waals surface area contributed by atoms with E-state index in [2.05, 4.69) is 0 Å². The number of hydrogen-bond donors (Lipinski definition) is 0. The molecule has 0 heterocycles. The molecule has 0 fully saturated rings. The first kappa shape index (κ1) is 17.0. The van der Waals surface area contributed by atoms with Gasteiger partial charge in [-0.1, -0.05) is 36.4 Å². The first-order valence-electron chi connectivity index (χ1n) is 6.99. The second-order valence-electron chi connectivity index (χ2n) is 5.79. The van der Waals surface area contributed by atoms with Crippen LogP contribution in [-0.2, 0) is 16.1 Å². The van der Waals surface area contributed by atoms with Gasteiger partial charge in [0.1, 0.15) is 5.60 Å². The molecule has 1 rings (SSSR count). The van der Waals surface area contributed by atoms with Crippen LogP contribution in [0.15, 0.2) is 42.5 Å². The van der Waals surface area contributed by atoms with Crippen LogP contribution in [0, 0.1) is 0 Å². The maximum Gasteiger partial charge on any atom is 0.411 e. The van der Waals surface area contributed by atoms with Gasteiger partial charge < -0.3 is 4.74 Å². The maximum absolute atomic E-state index is 12.2. The first-order chi connectivity index (χ1) is 9.81. The molecule has 0 atom stereocenters. The lowest BCUT2D eigenvalue weighted by atomic mass is 10.2. The predicted molar refractivity (Wildman–Crippen MR) is 82.9 cm³/mol. The van der Waals surface area contributed by atoms with Crippen LogP contribution in [0.4, 0.5) is 4.79 Å². The highest BCUT2D eigenvalue weighted by Gasteiger charge is 2.23. The fourth-order valence-corrected chi connectivity index (χ4v) is 1.74. The van der Waals surface area contributed by atoms with Gasteiger partial charge in [0, 0.05) is 6.54 Å². The smallest absolute Gasteiger partial charge is 0.411 e. The van der Waals surface area contributed by atoms with Crippen molar-refractivity contribution in [3.8, 4) is 0 Å². The van der Waals surface area contributed by atoms with Crippen LogP contribution >= 0.6 is 0 Å². The highest BCUT2D eigenvalue weighted by Crippen LogP contribution is 2.12. The Morgan fingerprint density at radius 1 is 1.19 bits per heavy atom. The van der Waals surface area contributed by atoms with E-state index < -0.39 is 11.7 Å². The van der Waals surface area contributed by atoms with Crippen molar-refractivity contribution in [2.75, 3.05) is 6.54 Å². The number of ketones is 1.